The molecule has 1 aromatic rings. The van der Waals surface area contributed by atoms with Gasteiger partial charge < -0.3 is 4.74 Å². The lowest BCUT2D eigenvalue weighted by Gasteiger charge is -1.92. The van der Waals surface area contributed by atoms with Crippen molar-refractivity contribution in [3.63, 3.8) is 0 Å². The minimum absolute atomic E-state index is 0.736. The number of hydrogen-bond donors (Lipinski definition) is 0. The smallest absolute Gasteiger partial charge is 0.140 e. The molecule has 0 radical (unpaired) electrons. The molecule has 42 valence electrons. The highest BCUT2D eigenvalue weighted by Crippen LogP contribution is 2.01. The van der Waals surface area contributed by atoms with Gasteiger partial charge in [-0.3, -0.25) is 0 Å². The van der Waals surface area contributed by atoms with E-state index in [1.165, 1.54) is 0 Å². The summed E-state index contributed by atoms with van der Waals surface area (Å²) in [6.45, 7) is 0. The van der Waals surface area contributed by atoms with E-state index in [4.69, 9.17) is 4.74 Å². The predicted octanol–water partition coefficient (Wildman–Crippen LogP) is 0.485. The van der Waals surface area contributed by atoms with Gasteiger partial charge in [-0.2, -0.15) is 10.2 Å². The maximum Gasteiger partial charge on any atom is 0.140 e. The van der Waals surface area contributed by atoms with Gasteiger partial charge in [0.1, 0.15) is 5.75 Å². The van der Waals surface area contributed by atoms with E-state index in [1.807, 2.05) is 0 Å². The number of aromatic nitrogens is 2. The van der Waals surface area contributed by atoms with Crippen molar-refractivity contribution < 1.29 is 4.74 Å². The van der Waals surface area contributed by atoms with Crippen molar-refractivity contribution in [2.24, 2.45) is 0 Å². The van der Waals surface area contributed by atoms with Crippen molar-refractivity contribution in [3.05, 3.63) is 18.5 Å². The average molecular weight is 110 g/mol. The Morgan fingerprint density at radius 3 is 2.75 bits per heavy atom. The van der Waals surface area contributed by atoms with Gasteiger partial charge >= 0.3 is 0 Å². The van der Waals surface area contributed by atoms with Gasteiger partial charge in [-0.05, 0) is 0 Å². The summed E-state index contributed by atoms with van der Waals surface area (Å²) >= 11 is 0. The third-order valence-corrected chi connectivity index (χ3v) is 0.793. The zero-order chi connectivity index (χ0) is 5.82. The van der Waals surface area contributed by atoms with Crippen LogP contribution in [0.3, 0.4) is 0 Å². The van der Waals surface area contributed by atoms with E-state index in [9.17, 15) is 0 Å². The highest BCUT2D eigenvalue weighted by molar-refractivity contribution is 5.11. The first-order chi connectivity index (χ1) is 3.93. The fourth-order valence-corrected chi connectivity index (χ4v) is 0.399. The van der Waals surface area contributed by atoms with E-state index >= 15 is 0 Å². The highest BCUT2D eigenvalue weighted by atomic mass is 16.5. The fraction of sp³-hybridized carbons (Fsp3) is 0.200. The van der Waals surface area contributed by atoms with E-state index in [0.717, 1.165) is 5.75 Å². The summed E-state index contributed by atoms with van der Waals surface area (Å²) in [5.41, 5.74) is 0. The molecule has 0 aliphatic rings. The molecule has 1 aromatic heterocycles. The van der Waals surface area contributed by atoms with Crippen LogP contribution in [0, 0.1) is 0 Å². The Morgan fingerprint density at radius 1 is 1.50 bits per heavy atom. The fourth-order valence-electron chi connectivity index (χ4n) is 0.399. The summed E-state index contributed by atoms with van der Waals surface area (Å²) < 4.78 is 4.81. The van der Waals surface area contributed by atoms with Gasteiger partial charge in [0.2, 0.25) is 0 Å². The van der Waals surface area contributed by atoms with Crippen molar-refractivity contribution in [1.82, 2.24) is 10.2 Å². The highest BCUT2D eigenvalue weighted by Gasteiger charge is 1.82. The van der Waals surface area contributed by atoms with E-state index in [1.54, 1.807) is 25.6 Å². The van der Waals surface area contributed by atoms with Crippen molar-refractivity contribution >= 4 is 0 Å². The van der Waals surface area contributed by atoms with Crippen LogP contribution in [0.2, 0.25) is 0 Å². The number of ether oxygens (including phenoxy) is 1. The first-order valence-corrected chi connectivity index (χ1v) is 2.24. The third-order valence-electron chi connectivity index (χ3n) is 0.793. The first kappa shape index (κ1) is 5.03. The lowest BCUT2D eigenvalue weighted by molar-refractivity contribution is 0.411. The molecule has 3 nitrogen and oxygen atoms in total. The molecule has 0 N–H and O–H groups in total. The van der Waals surface area contributed by atoms with Gasteiger partial charge in [0, 0.05) is 6.07 Å². The zero-order valence-corrected chi connectivity index (χ0v) is 4.53. The molecular formula is C5H6N2O. The van der Waals surface area contributed by atoms with Crippen LogP contribution in [0.15, 0.2) is 18.5 Å². The Kier molecular flexibility index (Phi) is 1.42. The van der Waals surface area contributed by atoms with Gasteiger partial charge in [0.25, 0.3) is 0 Å². The second-order valence-electron chi connectivity index (χ2n) is 1.28. The van der Waals surface area contributed by atoms with E-state index < -0.39 is 0 Å². The van der Waals surface area contributed by atoms with Crippen LogP contribution < -0.4 is 4.74 Å². The van der Waals surface area contributed by atoms with Gasteiger partial charge in [-0.15, -0.1) is 0 Å². The first-order valence-electron chi connectivity index (χ1n) is 2.24. The number of nitrogens with zero attached hydrogens (tertiary/aromatic N) is 2. The van der Waals surface area contributed by atoms with Gasteiger partial charge in [0.05, 0.1) is 19.5 Å². The standard InChI is InChI=1S/C5H6N2O/c1-8-5-2-3-6-7-4-5/h2-4H,1H3. The van der Waals surface area contributed by atoms with E-state index in [0.29, 0.717) is 0 Å². The van der Waals surface area contributed by atoms with Crippen molar-refractivity contribution in [3.8, 4) is 5.75 Å². The Morgan fingerprint density at radius 2 is 2.38 bits per heavy atom. The summed E-state index contributed by atoms with van der Waals surface area (Å²) in [6, 6.07) is 1.74. The molecule has 0 saturated heterocycles. The molecule has 1 rings (SSSR count). The second kappa shape index (κ2) is 2.26. The quantitative estimate of drug-likeness (QED) is 0.527. The Bertz CT molecular complexity index is 152. The van der Waals surface area contributed by atoms with Crippen LogP contribution in [0.4, 0.5) is 0 Å². The Hall–Kier alpha value is -1.12. The number of rotatable bonds is 1. The van der Waals surface area contributed by atoms with Crippen LogP contribution >= 0.6 is 0 Å². The summed E-state index contributed by atoms with van der Waals surface area (Å²) in [5, 5.41) is 7.14. The summed E-state index contributed by atoms with van der Waals surface area (Å²) in [4.78, 5) is 0. The third kappa shape index (κ3) is 0.932. The monoisotopic (exact) mass is 110 g/mol. The van der Waals surface area contributed by atoms with Crippen molar-refractivity contribution in [2.75, 3.05) is 7.11 Å². The molecule has 0 atom stereocenters. The van der Waals surface area contributed by atoms with Gasteiger partial charge in [-0.25, -0.2) is 0 Å². The molecule has 0 fully saturated rings. The minimum atomic E-state index is 0.736. The van der Waals surface area contributed by atoms with E-state index in [-0.39, 0.29) is 0 Å². The number of hydrogen-bond acceptors (Lipinski definition) is 3. The molecule has 1 heterocycles. The summed E-state index contributed by atoms with van der Waals surface area (Å²) in [6.07, 6.45) is 3.14. The SMILES string of the molecule is COc1ccnnc1. The normalized spacial score (nSPS) is 8.62. The molecule has 0 bridgehead atoms. The van der Waals surface area contributed by atoms with Gasteiger partial charge in [-0.1, -0.05) is 0 Å². The maximum atomic E-state index is 4.81. The summed E-state index contributed by atoms with van der Waals surface area (Å²) in [5.74, 6) is 0.736. The topological polar surface area (TPSA) is 35.0 Å². The summed E-state index contributed by atoms with van der Waals surface area (Å²) in [7, 11) is 1.59. The Balaban J connectivity index is 2.83. The Labute approximate surface area is 47.3 Å². The maximum absolute atomic E-state index is 4.81. The van der Waals surface area contributed by atoms with Crippen LogP contribution in [0.25, 0.3) is 0 Å². The van der Waals surface area contributed by atoms with Crippen LogP contribution in [0.1, 0.15) is 0 Å². The lowest BCUT2D eigenvalue weighted by Crippen LogP contribution is -1.83. The molecule has 3 heteroatoms. The molecule has 0 spiro atoms. The molecular weight excluding hydrogens is 104 g/mol. The van der Waals surface area contributed by atoms with Crippen molar-refractivity contribution in [2.45, 2.75) is 0 Å². The number of methoxy groups -OCH3 is 1. The minimum Gasteiger partial charge on any atom is -0.495 e. The second-order valence-corrected chi connectivity index (χ2v) is 1.28. The van der Waals surface area contributed by atoms with Crippen LogP contribution in [-0.2, 0) is 0 Å². The average Bonchev–Trinajstić information content (AvgIpc) is 1.90. The predicted molar refractivity (Wildman–Crippen MR) is 28.6 cm³/mol. The largest absolute Gasteiger partial charge is 0.495 e. The molecule has 0 unspecified atom stereocenters. The zero-order valence-electron chi connectivity index (χ0n) is 4.53. The lowest BCUT2D eigenvalue weighted by atomic mass is 10.5. The molecule has 8 heavy (non-hydrogen) atoms. The van der Waals surface area contributed by atoms with Gasteiger partial charge in [0.15, 0.2) is 0 Å². The van der Waals surface area contributed by atoms with Crippen molar-refractivity contribution in [1.29, 1.82) is 0 Å². The molecule has 0 aliphatic heterocycles. The molecule has 0 amide bonds. The van der Waals surface area contributed by atoms with Crippen LogP contribution in [-0.4, -0.2) is 17.3 Å². The molecule has 0 aromatic carbocycles. The van der Waals surface area contributed by atoms with E-state index in [2.05, 4.69) is 10.2 Å². The van der Waals surface area contributed by atoms with Crippen LogP contribution in [0.5, 0.6) is 5.75 Å². The molecule has 0 saturated carbocycles. The molecule has 0 aliphatic carbocycles.